The van der Waals surface area contributed by atoms with Crippen LogP contribution in [0.1, 0.15) is 18.4 Å². The summed E-state index contributed by atoms with van der Waals surface area (Å²) >= 11 is 0. The lowest BCUT2D eigenvalue weighted by Gasteiger charge is -2.18. The van der Waals surface area contributed by atoms with Crippen LogP contribution in [0.5, 0.6) is 0 Å². The maximum atomic E-state index is 8.92. The average molecular weight is 190 g/mol. The van der Waals surface area contributed by atoms with Crippen molar-refractivity contribution in [3.63, 3.8) is 0 Å². The number of benzene rings is 1. The summed E-state index contributed by atoms with van der Waals surface area (Å²) in [5.74, 6) is 0. The van der Waals surface area contributed by atoms with Crippen molar-refractivity contribution >= 4 is 11.4 Å². The minimum absolute atomic E-state index is 0.796. The fraction of sp³-hybridized carbons (Fsp3) is 0.364. The van der Waals surface area contributed by atoms with Crippen LogP contribution in [0.4, 0.5) is 5.69 Å². The van der Waals surface area contributed by atoms with Gasteiger partial charge in [-0.25, -0.2) is 0 Å². The Bertz CT molecular complexity index is 360. The Morgan fingerprint density at radius 3 is 2.93 bits per heavy atom. The molecule has 0 aromatic heterocycles. The summed E-state index contributed by atoms with van der Waals surface area (Å²) in [6, 6.07) is 8.05. The summed E-state index contributed by atoms with van der Waals surface area (Å²) in [5, 5.41) is 12.3. The van der Waals surface area contributed by atoms with Gasteiger partial charge in [-0.1, -0.05) is 23.4 Å². The summed E-state index contributed by atoms with van der Waals surface area (Å²) in [7, 11) is 2.07. The Morgan fingerprint density at radius 1 is 1.36 bits per heavy atom. The minimum Gasteiger partial charge on any atom is -0.411 e. The summed E-state index contributed by atoms with van der Waals surface area (Å²) in [5.41, 5.74) is 3.00. The second-order valence-corrected chi connectivity index (χ2v) is 3.59. The third-order valence-electron chi connectivity index (χ3n) is 2.65. The fourth-order valence-electron chi connectivity index (χ4n) is 1.89. The van der Waals surface area contributed by atoms with Crippen LogP contribution in [0.3, 0.4) is 0 Å². The van der Waals surface area contributed by atoms with Gasteiger partial charge in [0.1, 0.15) is 0 Å². The maximum Gasteiger partial charge on any atom is 0.0889 e. The van der Waals surface area contributed by atoms with Crippen LogP contribution in [0, 0.1) is 0 Å². The Kier molecular flexibility index (Phi) is 2.39. The highest BCUT2D eigenvalue weighted by Crippen LogP contribution is 2.24. The largest absolute Gasteiger partial charge is 0.411 e. The summed E-state index contributed by atoms with van der Waals surface area (Å²) in [4.78, 5) is 2.20. The van der Waals surface area contributed by atoms with E-state index in [4.69, 9.17) is 5.21 Å². The lowest BCUT2D eigenvalue weighted by atomic mass is 10.1. The molecule has 1 aliphatic heterocycles. The van der Waals surface area contributed by atoms with Crippen LogP contribution in [-0.2, 0) is 0 Å². The smallest absolute Gasteiger partial charge is 0.0889 e. The Labute approximate surface area is 83.7 Å². The van der Waals surface area contributed by atoms with E-state index < -0.39 is 0 Å². The molecule has 0 unspecified atom stereocenters. The van der Waals surface area contributed by atoms with Crippen molar-refractivity contribution < 1.29 is 5.21 Å². The van der Waals surface area contributed by atoms with Crippen molar-refractivity contribution in [3.8, 4) is 0 Å². The molecule has 0 radical (unpaired) electrons. The Balaban J connectivity index is 2.53. The molecule has 3 heteroatoms. The van der Waals surface area contributed by atoms with Crippen LogP contribution in [0.2, 0.25) is 0 Å². The first-order valence-corrected chi connectivity index (χ1v) is 4.84. The van der Waals surface area contributed by atoms with Crippen molar-refractivity contribution in [3.05, 3.63) is 29.8 Å². The molecule has 0 saturated carbocycles. The van der Waals surface area contributed by atoms with Crippen LogP contribution < -0.4 is 4.90 Å². The molecule has 1 aromatic rings. The zero-order valence-corrected chi connectivity index (χ0v) is 8.27. The first kappa shape index (κ1) is 9.06. The first-order chi connectivity index (χ1) is 6.83. The van der Waals surface area contributed by atoms with Gasteiger partial charge >= 0.3 is 0 Å². The highest BCUT2D eigenvalue weighted by Gasteiger charge is 2.16. The normalized spacial score (nSPS) is 19.2. The van der Waals surface area contributed by atoms with E-state index in [0.717, 1.165) is 36.3 Å². The number of hydrogen-bond acceptors (Lipinski definition) is 3. The predicted octanol–water partition coefficient (Wildman–Crippen LogP) is 2.09. The summed E-state index contributed by atoms with van der Waals surface area (Å²) in [6.45, 7) is 1.01. The monoisotopic (exact) mass is 190 g/mol. The molecule has 2 rings (SSSR count). The van der Waals surface area contributed by atoms with E-state index >= 15 is 0 Å². The van der Waals surface area contributed by atoms with Crippen LogP contribution >= 0.6 is 0 Å². The SMILES string of the molecule is CN1CCC/C(=N/O)c2ccccc21. The van der Waals surface area contributed by atoms with E-state index in [1.165, 1.54) is 0 Å². The van der Waals surface area contributed by atoms with Gasteiger partial charge in [-0.15, -0.1) is 0 Å². The second kappa shape index (κ2) is 3.70. The van der Waals surface area contributed by atoms with E-state index in [9.17, 15) is 0 Å². The van der Waals surface area contributed by atoms with Gasteiger partial charge in [-0.3, -0.25) is 0 Å². The number of nitrogens with zero attached hydrogens (tertiary/aromatic N) is 2. The molecule has 1 aromatic carbocycles. The summed E-state index contributed by atoms with van der Waals surface area (Å²) < 4.78 is 0. The van der Waals surface area contributed by atoms with Gasteiger partial charge in [0.2, 0.25) is 0 Å². The molecule has 3 nitrogen and oxygen atoms in total. The number of fused-ring (bicyclic) bond motifs is 1. The van der Waals surface area contributed by atoms with E-state index in [1.54, 1.807) is 0 Å². The molecule has 0 aliphatic carbocycles. The second-order valence-electron chi connectivity index (χ2n) is 3.59. The average Bonchev–Trinajstić information content (AvgIpc) is 2.39. The van der Waals surface area contributed by atoms with Crippen molar-refractivity contribution in [1.82, 2.24) is 0 Å². The molecular formula is C11H14N2O. The van der Waals surface area contributed by atoms with Crippen molar-refractivity contribution in [1.29, 1.82) is 0 Å². The van der Waals surface area contributed by atoms with Gasteiger partial charge in [0.25, 0.3) is 0 Å². The Morgan fingerprint density at radius 2 is 2.14 bits per heavy atom. The van der Waals surface area contributed by atoms with Crippen molar-refractivity contribution in [2.24, 2.45) is 5.16 Å². The quantitative estimate of drug-likeness (QED) is 0.502. The first-order valence-electron chi connectivity index (χ1n) is 4.84. The standard InChI is InChI=1S/C11H14N2O/c1-13-8-4-6-10(12-14)9-5-2-3-7-11(9)13/h2-3,5,7,14H,4,6,8H2,1H3/b12-10-. The minimum atomic E-state index is 0.796. The molecule has 0 spiro atoms. The molecular weight excluding hydrogens is 176 g/mol. The zero-order chi connectivity index (χ0) is 9.97. The van der Waals surface area contributed by atoms with E-state index in [1.807, 2.05) is 18.2 Å². The fourth-order valence-corrected chi connectivity index (χ4v) is 1.89. The van der Waals surface area contributed by atoms with Gasteiger partial charge < -0.3 is 10.1 Å². The van der Waals surface area contributed by atoms with Gasteiger partial charge in [-0.2, -0.15) is 0 Å². The molecule has 14 heavy (non-hydrogen) atoms. The number of rotatable bonds is 0. The number of anilines is 1. The molecule has 0 atom stereocenters. The topological polar surface area (TPSA) is 35.8 Å². The molecule has 74 valence electrons. The van der Waals surface area contributed by atoms with E-state index in [2.05, 4.69) is 23.2 Å². The number of oxime groups is 1. The van der Waals surface area contributed by atoms with Crippen molar-refractivity contribution in [2.75, 3.05) is 18.5 Å². The van der Waals surface area contributed by atoms with Gasteiger partial charge in [0.15, 0.2) is 0 Å². The van der Waals surface area contributed by atoms with Crippen molar-refractivity contribution in [2.45, 2.75) is 12.8 Å². The van der Waals surface area contributed by atoms with Gasteiger partial charge in [-0.05, 0) is 18.9 Å². The lowest BCUT2D eigenvalue weighted by Crippen LogP contribution is -2.17. The van der Waals surface area contributed by atoms with Crippen LogP contribution in [-0.4, -0.2) is 24.5 Å². The molecule has 0 saturated heterocycles. The molecule has 0 bridgehead atoms. The highest BCUT2D eigenvalue weighted by atomic mass is 16.4. The zero-order valence-electron chi connectivity index (χ0n) is 8.27. The molecule has 1 N–H and O–H groups in total. The van der Waals surface area contributed by atoms with Gasteiger partial charge in [0, 0.05) is 24.8 Å². The third-order valence-corrected chi connectivity index (χ3v) is 2.65. The van der Waals surface area contributed by atoms with E-state index in [0.29, 0.717) is 0 Å². The van der Waals surface area contributed by atoms with Crippen LogP contribution in [0.15, 0.2) is 29.4 Å². The molecule has 1 heterocycles. The lowest BCUT2D eigenvalue weighted by molar-refractivity contribution is 0.318. The maximum absolute atomic E-state index is 8.92. The summed E-state index contributed by atoms with van der Waals surface area (Å²) in [6.07, 6.45) is 1.88. The number of hydrogen-bond donors (Lipinski definition) is 1. The highest BCUT2D eigenvalue weighted by molar-refractivity contribution is 6.05. The molecule has 0 amide bonds. The van der Waals surface area contributed by atoms with Gasteiger partial charge in [0.05, 0.1) is 5.71 Å². The molecule has 1 aliphatic rings. The third kappa shape index (κ3) is 1.45. The predicted molar refractivity (Wildman–Crippen MR) is 57.3 cm³/mol. The Hall–Kier alpha value is -1.51. The van der Waals surface area contributed by atoms with Crippen LogP contribution in [0.25, 0.3) is 0 Å². The molecule has 0 fully saturated rings. The number of para-hydroxylation sites is 1. The van der Waals surface area contributed by atoms with E-state index in [-0.39, 0.29) is 0 Å².